The summed E-state index contributed by atoms with van der Waals surface area (Å²) in [6, 6.07) is 31.7. The van der Waals surface area contributed by atoms with Crippen LogP contribution in [0.3, 0.4) is 0 Å². The number of hydrogen-bond donors (Lipinski definition) is 24. The number of esters is 3. The number of phenols is 2. The van der Waals surface area contributed by atoms with Gasteiger partial charge in [-0.05, 0) is 141 Å². The van der Waals surface area contributed by atoms with Gasteiger partial charge in [-0.2, -0.15) is 0 Å². The van der Waals surface area contributed by atoms with E-state index in [1.165, 1.54) is 54.6 Å². The first kappa shape index (κ1) is 148. The second-order valence-corrected chi connectivity index (χ2v) is 31.9. The molecule has 49 heteroatoms. The summed E-state index contributed by atoms with van der Waals surface area (Å²) in [5.41, 5.74) is 2.61. The fraction of sp³-hybridized carbons (Fsp3) is 0.510. The number of aliphatic carboxylic acids is 8. The summed E-state index contributed by atoms with van der Waals surface area (Å²) in [6.07, 6.45) is 9.19. The van der Waals surface area contributed by atoms with Crippen LogP contribution in [0.4, 0.5) is 4.79 Å². The predicted octanol–water partition coefficient (Wildman–Crippen LogP) is 4.90. The molecule has 0 fully saturated rings. The van der Waals surface area contributed by atoms with Gasteiger partial charge in [0.25, 0.3) is 0 Å². The van der Waals surface area contributed by atoms with E-state index in [0.717, 1.165) is 48.8 Å². The molecule has 0 saturated heterocycles. The van der Waals surface area contributed by atoms with Crippen LogP contribution in [0.2, 0.25) is 0 Å². The third kappa shape index (κ3) is 97.4. The monoisotopic (exact) mass is 2130 g/mol. The van der Waals surface area contributed by atoms with Gasteiger partial charge in [0.1, 0.15) is 29.6 Å². The van der Waals surface area contributed by atoms with Crippen LogP contribution in [0.25, 0.3) is 0 Å². The Kier molecular flexibility index (Phi) is 97.1. The maximum absolute atomic E-state index is 11.9. The average Bonchev–Trinajstić information content (AvgIpc) is 0.766. The first-order valence-electron chi connectivity index (χ1n) is 46.2. The molecule has 0 heterocycles. The molecule has 0 aliphatic rings. The van der Waals surface area contributed by atoms with Crippen molar-refractivity contribution >= 4 is 112 Å². The number of phenolic OH excluding ortho intramolecular Hbond substituents is 2. The zero-order chi connectivity index (χ0) is 115. The fourth-order valence-corrected chi connectivity index (χ4v) is 9.22. The van der Waals surface area contributed by atoms with Gasteiger partial charge in [0.15, 0.2) is 5.78 Å². The zero-order valence-electron chi connectivity index (χ0n) is 83.8. The largest absolute Gasteiger partial charge is 0.519 e. The van der Waals surface area contributed by atoms with Crippen molar-refractivity contribution in [3.8, 4) is 23.0 Å². The number of ether oxygens (including phenoxy) is 6. The van der Waals surface area contributed by atoms with Crippen molar-refractivity contribution in [1.82, 2.24) is 0 Å². The van der Waals surface area contributed by atoms with Crippen molar-refractivity contribution in [3.05, 3.63) is 155 Å². The van der Waals surface area contributed by atoms with E-state index in [2.05, 4.69) is 4.74 Å². The summed E-state index contributed by atoms with van der Waals surface area (Å²) in [4.78, 5) is 200. The normalized spacial score (nSPS) is 9.95. The molecule has 0 atom stereocenters. The van der Waals surface area contributed by atoms with Gasteiger partial charge in [0, 0.05) is 134 Å². The molecule has 5 rings (SSSR count). The third-order valence-corrected chi connectivity index (χ3v) is 17.4. The Labute approximate surface area is 859 Å². The first-order chi connectivity index (χ1) is 70.4. The highest BCUT2D eigenvalue weighted by Gasteiger charge is 2.29. The summed E-state index contributed by atoms with van der Waals surface area (Å²) >= 11 is 0. The minimum atomic E-state index is -1.49. The lowest BCUT2D eigenvalue weighted by molar-refractivity contribution is -0.157. The van der Waals surface area contributed by atoms with Gasteiger partial charge in [0.05, 0.1) is 84.7 Å². The Morgan fingerprint density at radius 3 is 1.01 bits per heavy atom. The van der Waals surface area contributed by atoms with Crippen molar-refractivity contribution in [2.24, 2.45) is 10.8 Å². The lowest BCUT2D eigenvalue weighted by Gasteiger charge is -2.22. The number of unbranched alkanes of at least 4 members (excludes halogenated alkanes) is 9. The highest BCUT2D eigenvalue weighted by atomic mass is 16.7. The van der Waals surface area contributed by atoms with Gasteiger partial charge < -0.3 is 151 Å². The summed E-state index contributed by atoms with van der Waals surface area (Å²) in [6.45, 7) is 6.31. The number of hydrogen-bond acceptors (Lipinski definition) is 41. The van der Waals surface area contributed by atoms with E-state index in [1.54, 1.807) is 94.4 Å². The predicted molar refractivity (Wildman–Crippen MR) is 523 cm³/mol. The van der Waals surface area contributed by atoms with Crippen LogP contribution in [-0.2, 0) is 122 Å². The molecule has 0 aliphatic heterocycles. The van der Waals surface area contributed by atoms with Crippen LogP contribution < -0.4 is 9.47 Å². The minimum Gasteiger partial charge on any atom is -0.508 e. The van der Waals surface area contributed by atoms with Crippen molar-refractivity contribution in [3.63, 3.8) is 0 Å². The molecule has 840 valence electrons. The third-order valence-electron chi connectivity index (χ3n) is 17.4. The minimum absolute atomic E-state index is 0.00632. The van der Waals surface area contributed by atoms with E-state index in [1.807, 2.05) is 0 Å². The van der Waals surface area contributed by atoms with Gasteiger partial charge in [-0.1, -0.05) is 120 Å². The molecule has 0 saturated carbocycles. The average molecular weight is 2130 g/mol. The summed E-state index contributed by atoms with van der Waals surface area (Å²) in [5, 5.41) is 201. The fourth-order valence-electron chi connectivity index (χ4n) is 9.22. The topological polar surface area (TPSA) is 865 Å². The number of carbonyl (C=O) groups excluding carboxylic acids is 11. The van der Waals surface area contributed by atoms with Gasteiger partial charge in [0.2, 0.25) is 34.7 Å². The van der Waals surface area contributed by atoms with E-state index < -0.39 is 131 Å². The van der Waals surface area contributed by atoms with E-state index in [-0.39, 0.29) is 205 Å². The number of rotatable bonds is 60. The number of Topliss-reactive ketones (excluding diaryl/α,β-unsaturated/α-hetero) is 7. The molecule has 0 bridgehead atoms. The SMILES string of the molecule is CC(C)(CO)COC(=O)C(=O)CC(C)(C)CO.O=C(CCCCO)c1cccc(C(=O)OCCCCO)c1.O=C(Cc1ccc(CO)cc1)C(=O)OCc1ccc(CO)cc1.O=C(O)C(=O)CCCCO.O=C(O)C(=O)CCO.O=C(O)C(=O)CCO.O=C(O)C(=O)CCOCCO.O=C(O)CCCCCCO.O=C(O)CCCCCO.O=C(O)CCCCO.O=C(O)CCO.O=C(Oc1cccc(O)c1)Oc1cccc(O)c1. The highest BCUT2D eigenvalue weighted by Crippen LogP contribution is 2.24. The number of aromatic hydroxyl groups is 2. The molecule has 24 N–H and O–H groups in total. The number of carboxylic acid groups (broad SMARTS) is 8. The van der Waals surface area contributed by atoms with Gasteiger partial charge >= 0.3 is 71.8 Å². The molecule has 0 aromatic heterocycles. The van der Waals surface area contributed by atoms with E-state index in [4.69, 9.17) is 136 Å². The molecule has 5 aromatic rings. The number of aliphatic hydroxyl groups excluding tert-OH is 14. The quantitative estimate of drug-likeness (QED) is 0.00614. The molecule has 0 amide bonds. The number of ketones is 7. The van der Waals surface area contributed by atoms with Crippen molar-refractivity contribution in [2.75, 3.05) is 106 Å². The van der Waals surface area contributed by atoms with Gasteiger partial charge in [-0.3, -0.25) is 52.7 Å². The Balaban J connectivity index is -0.000000302. The Morgan fingerprint density at radius 1 is 0.282 bits per heavy atom. The standard InChI is InChI=1S/C18H18O5.C16H22O5.C13H10O5.C12H22O5.C7H14O3.C6H10O5.C6H10O4.C6H12O3.C5H10O3.2C4H6O4.C3H6O3/c19-10-14-3-1-13(2-4-14)9-17(21)18(22)23-12-16-7-5-15(11-20)6-8-16;17-9-2-1-8-15(19)13-6-5-7-14(12-13)16(20)21-11-4-3-10-18;14-9-3-1-5-11(7-9)17-13(16)18-12-6-2-4-10(15)8-12;1-11(2,6-13)5-9(15)10(16)17-8-12(3,4)7-14;8-6-4-2-1-3-5-7(9)10;7-2-4-11-3-1-5(8)6(9)10;7-4-2-1-3-5(8)6(9)10;7-5-3-1-2-4-6(8)9;6-4-2-1-3-5(7)8;2*5-2-1-3(6)4(7)8;4-2-1-3(5)6/h1-8,19-20H,9-12H2;5-7,12,17-18H,1-4,8-11H2;1-8,14-15H;13-14H,5-8H2,1-4H3;8H,1-6H2,(H,9,10);7H,1-4H2,(H,9,10);7H,1-4H2,(H,9,10);7H,1-5H2,(H,8,9);6H,1-4H2,(H,7,8);2*5H,1-2H2,(H,7,8);4H,1-2H2,(H,5,6). The molecule has 0 spiro atoms. The molecular weight excluding hydrogens is 1990 g/mol. The van der Waals surface area contributed by atoms with Crippen molar-refractivity contribution in [1.29, 1.82) is 0 Å². The molecule has 49 nitrogen and oxygen atoms in total. The summed E-state index contributed by atoms with van der Waals surface area (Å²) in [7, 11) is 0. The molecule has 149 heavy (non-hydrogen) atoms. The van der Waals surface area contributed by atoms with Crippen LogP contribution in [-0.4, -0.2) is 341 Å². The number of carboxylic acids is 8. The number of benzene rings is 5. The zero-order valence-corrected chi connectivity index (χ0v) is 83.8. The molecule has 0 radical (unpaired) electrons. The smallest absolute Gasteiger partial charge is 0.508 e. The maximum atomic E-state index is 11.9. The first-order valence-corrected chi connectivity index (χ1v) is 46.2. The second-order valence-electron chi connectivity index (χ2n) is 31.9. The van der Waals surface area contributed by atoms with Crippen molar-refractivity contribution in [2.45, 2.75) is 214 Å². The Bertz CT molecular complexity index is 4520. The van der Waals surface area contributed by atoms with E-state index >= 15 is 0 Å². The Hall–Kier alpha value is -13.8. The highest BCUT2D eigenvalue weighted by molar-refractivity contribution is 6.35. The molecule has 0 aliphatic carbocycles. The number of carbonyl (C=O) groups is 19. The van der Waals surface area contributed by atoms with E-state index in [9.17, 15) is 101 Å². The van der Waals surface area contributed by atoms with Gasteiger partial charge in [-0.25, -0.2) is 38.4 Å². The molecule has 5 aromatic carbocycles. The Morgan fingerprint density at radius 2 is 0.631 bits per heavy atom. The second kappa shape index (κ2) is 97.6. The van der Waals surface area contributed by atoms with E-state index in [0.29, 0.717) is 87.3 Å². The summed E-state index contributed by atoms with van der Waals surface area (Å²) < 4.78 is 29.2. The van der Waals surface area contributed by atoms with Crippen LogP contribution in [0.15, 0.2) is 121 Å². The molecule has 0 unspecified atom stereocenters. The van der Waals surface area contributed by atoms with Crippen LogP contribution in [0.5, 0.6) is 23.0 Å². The van der Waals surface area contributed by atoms with Crippen LogP contribution in [0, 0.1) is 10.8 Å². The van der Waals surface area contributed by atoms with Crippen molar-refractivity contribution < 1.29 is 242 Å². The van der Waals surface area contributed by atoms with Crippen LogP contribution in [0.1, 0.15) is 231 Å². The lowest BCUT2D eigenvalue weighted by Crippen LogP contribution is -2.31. The molecular formula is C100H146O49. The number of aliphatic hydroxyl groups is 14. The van der Waals surface area contributed by atoms with Crippen LogP contribution >= 0.6 is 0 Å². The maximum Gasteiger partial charge on any atom is 0.519 e. The lowest BCUT2D eigenvalue weighted by atomic mass is 9.88. The van der Waals surface area contributed by atoms with Gasteiger partial charge in [-0.15, -0.1) is 0 Å². The summed E-state index contributed by atoms with van der Waals surface area (Å²) in [5.74, 6) is -15.9.